The second kappa shape index (κ2) is 6.75. The summed E-state index contributed by atoms with van der Waals surface area (Å²) in [5.41, 5.74) is 0.0205. The van der Waals surface area contributed by atoms with Crippen molar-refractivity contribution in [2.75, 3.05) is 24.5 Å². The zero-order valence-corrected chi connectivity index (χ0v) is 15.4. The van der Waals surface area contributed by atoms with E-state index in [9.17, 15) is 10.1 Å². The molecule has 1 fully saturated rings. The Bertz CT molecular complexity index is 636. The zero-order chi connectivity index (χ0) is 17.2. The molecule has 23 heavy (non-hydrogen) atoms. The van der Waals surface area contributed by atoms with Crippen LogP contribution >= 0.6 is 15.9 Å². The van der Waals surface area contributed by atoms with Crippen molar-refractivity contribution >= 4 is 27.8 Å². The number of amides is 1. The fourth-order valence-electron chi connectivity index (χ4n) is 2.51. The maximum Gasteiger partial charge on any atom is 0.410 e. The van der Waals surface area contributed by atoms with E-state index >= 15 is 0 Å². The zero-order valence-electron chi connectivity index (χ0n) is 13.8. The summed E-state index contributed by atoms with van der Waals surface area (Å²) < 4.78 is 6.22. The highest BCUT2D eigenvalue weighted by Crippen LogP contribution is 2.24. The third kappa shape index (κ3) is 4.35. The van der Waals surface area contributed by atoms with E-state index in [2.05, 4.69) is 27.0 Å². The quantitative estimate of drug-likeness (QED) is 0.748. The van der Waals surface area contributed by atoms with E-state index in [1.165, 1.54) is 0 Å². The van der Waals surface area contributed by atoms with Crippen LogP contribution in [0.15, 0.2) is 16.7 Å². The molecule has 0 spiro atoms. The molecular formula is C16H21BrN4O2. The van der Waals surface area contributed by atoms with Gasteiger partial charge in [0.05, 0.1) is 5.56 Å². The summed E-state index contributed by atoms with van der Waals surface area (Å²) in [7, 11) is 0. The molecule has 2 heterocycles. The van der Waals surface area contributed by atoms with E-state index in [-0.39, 0.29) is 12.1 Å². The first kappa shape index (κ1) is 17.5. The summed E-state index contributed by atoms with van der Waals surface area (Å²) in [6, 6.07) is 3.91. The summed E-state index contributed by atoms with van der Waals surface area (Å²) in [6.07, 6.45) is 1.38. The lowest BCUT2D eigenvalue weighted by Gasteiger charge is -2.40. The molecule has 2 rings (SSSR count). The number of ether oxygens (including phenoxy) is 1. The molecular weight excluding hydrogens is 360 g/mol. The molecule has 1 aliphatic rings. The topological polar surface area (TPSA) is 69.5 Å². The molecule has 6 nitrogen and oxygen atoms in total. The normalized spacial score (nSPS) is 18.5. The van der Waals surface area contributed by atoms with Crippen LogP contribution in [0.3, 0.4) is 0 Å². The predicted octanol–water partition coefficient (Wildman–Crippen LogP) is 3.16. The van der Waals surface area contributed by atoms with Crippen LogP contribution in [0.25, 0.3) is 0 Å². The third-order valence-electron chi connectivity index (χ3n) is 3.51. The van der Waals surface area contributed by atoms with Crippen LogP contribution in [0.4, 0.5) is 10.6 Å². The average Bonchev–Trinajstić information content (AvgIpc) is 2.44. The molecule has 1 amide bonds. The molecule has 0 N–H and O–H groups in total. The Morgan fingerprint density at radius 1 is 1.48 bits per heavy atom. The van der Waals surface area contributed by atoms with Crippen molar-refractivity contribution in [1.82, 2.24) is 9.88 Å². The molecule has 1 saturated heterocycles. The fraction of sp³-hybridized carbons (Fsp3) is 0.562. The number of carbonyl (C=O) groups is 1. The van der Waals surface area contributed by atoms with Crippen molar-refractivity contribution < 1.29 is 9.53 Å². The van der Waals surface area contributed by atoms with E-state index in [0.717, 1.165) is 4.47 Å². The number of halogens is 1. The van der Waals surface area contributed by atoms with Crippen molar-refractivity contribution in [3.63, 3.8) is 0 Å². The second-order valence-corrected chi connectivity index (χ2v) is 7.52. The lowest BCUT2D eigenvalue weighted by molar-refractivity contribution is 0.0158. The number of anilines is 1. The predicted molar refractivity (Wildman–Crippen MR) is 91.3 cm³/mol. The van der Waals surface area contributed by atoms with E-state index < -0.39 is 5.60 Å². The number of nitriles is 1. The smallest absolute Gasteiger partial charge is 0.410 e. The molecule has 0 bridgehead atoms. The van der Waals surface area contributed by atoms with E-state index in [1.54, 1.807) is 17.2 Å². The van der Waals surface area contributed by atoms with Gasteiger partial charge in [-0.25, -0.2) is 9.78 Å². The van der Waals surface area contributed by atoms with Crippen molar-refractivity contribution in [3.8, 4) is 6.07 Å². The van der Waals surface area contributed by atoms with Gasteiger partial charge in [-0.3, -0.25) is 0 Å². The first-order valence-electron chi connectivity index (χ1n) is 7.51. The molecule has 124 valence electrons. The SMILES string of the molecule is CC1CN(c2ncc(Br)cc2C#N)CCN1C(=O)OC(C)(C)C. The van der Waals surface area contributed by atoms with Crippen LogP contribution in [0.5, 0.6) is 0 Å². The molecule has 1 unspecified atom stereocenters. The van der Waals surface area contributed by atoms with Gasteiger partial charge >= 0.3 is 6.09 Å². The lowest BCUT2D eigenvalue weighted by Crippen LogP contribution is -2.55. The number of hydrogen-bond acceptors (Lipinski definition) is 5. The molecule has 0 aromatic carbocycles. The maximum atomic E-state index is 12.2. The molecule has 0 saturated carbocycles. The Morgan fingerprint density at radius 3 is 2.74 bits per heavy atom. The molecule has 1 atom stereocenters. The summed E-state index contributed by atoms with van der Waals surface area (Å²) in [6.45, 7) is 9.32. The first-order valence-corrected chi connectivity index (χ1v) is 8.31. The number of carbonyl (C=O) groups excluding carboxylic acids is 1. The van der Waals surface area contributed by atoms with Crippen LogP contribution in [-0.4, -0.2) is 47.3 Å². The van der Waals surface area contributed by atoms with Gasteiger partial charge in [-0.05, 0) is 49.7 Å². The Morgan fingerprint density at radius 2 is 2.17 bits per heavy atom. The van der Waals surface area contributed by atoms with Gasteiger partial charge in [0.15, 0.2) is 0 Å². The van der Waals surface area contributed by atoms with Crippen LogP contribution in [0.1, 0.15) is 33.3 Å². The number of nitrogens with zero attached hydrogens (tertiary/aromatic N) is 4. The standard InChI is InChI=1S/C16H21BrN4O2/c1-11-10-20(14-12(8-18)7-13(17)9-19-14)5-6-21(11)15(22)23-16(2,3)4/h7,9,11H,5-6,10H2,1-4H3. The molecule has 0 aliphatic carbocycles. The summed E-state index contributed by atoms with van der Waals surface area (Å²) >= 11 is 3.33. The lowest BCUT2D eigenvalue weighted by atomic mass is 10.1. The Balaban J connectivity index is 2.10. The van der Waals surface area contributed by atoms with Crippen LogP contribution < -0.4 is 4.90 Å². The summed E-state index contributed by atoms with van der Waals surface area (Å²) in [5.74, 6) is 0.659. The Hall–Kier alpha value is -1.81. The van der Waals surface area contributed by atoms with Crippen molar-refractivity contribution in [2.24, 2.45) is 0 Å². The van der Waals surface area contributed by atoms with Gasteiger partial charge in [0, 0.05) is 36.3 Å². The van der Waals surface area contributed by atoms with E-state index in [0.29, 0.717) is 31.0 Å². The summed E-state index contributed by atoms with van der Waals surface area (Å²) in [4.78, 5) is 20.4. The minimum atomic E-state index is -0.505. The third-order valence-corrected chi connectivity index (χ3v) is 3.94. The largest absolute Gasteiger partial charge is 0.444 e. The maximum absolute atomic E-state index is 12.2. The van der Waals surface area contributed by atoms with Gasteiger partial charge in [-0.2, -0.15) is 5.26 Å². The molecule has 7 heteroatoms. The van der Waals surface area contributed by atoms with Gasteiger partial charge in [0.2, 0.25) is 0 Å². The van der Waals surface area contributed by atoms with Gasteiger partial charge in [-0.1, -0.05) is 0 Å². The highest BCUT2D eigenvalue weighted by Gasteiger charge is 2.31. The van der Waals surface area contributed by atoms with Gasteiger partial charge in [-0.15, -0.1) is 0 Å². The molecule has 1 aromatic heterocycles. The minimum Gasteiger partial charge on any atom is -0.444 e. The number of pyridine rings is 1. The van der Waals surface area contributed by atoms with Crippen LogP contribution in [0.2, 0.25) is 0 Å². The van der Waals surface area contributed by atoms with Crippen molar-refractivity contribution in [1.29, 1.82) is 5.26 Å². The van der Waals surface area contributed by atoms with Crippen molar-refractivity contribution in [2.45, 2.75) is 39.3 Å². The van der Waals surface area contributed by atoms with Gasteiger partial charge in [0.25, 0.3) is 0 Å². The molecule has 1 aromatic rings. The number of aromatic nitrogens is 1. The highest BCUT2D eigenvalue weighted by molar-refractivity contribution is 9.10. The number of piperazine rings is 1. The van der Waals surface area contributed by atoms with E-state index in [4.69, 9.17) is 4.74 Å². The highest BCUT2D eigenvalue weighted by atomic mass is 79.9. The van der Waals surface area contributed by atoms with E-state index in [1.807, 2.05) is 32.6 Å². The number of hydrogen-bond donors (Lipinski definition) is 0. The average molecular weight is 381 g/mol. The molecule has 1 aliphatic heterocycles. The second-order valence-electron chi connectivity index (χ2n) is 6.61. The van der Waals surface area contributed by atoms with Crippen molar-refractivity contribution in [3.05, 3.63) is 22.3 Å². The van der Waals surface area contributed by atoms with Gasteiger partial charge < -0.3 is 14.5 Å². The summed E-state index contributed by atoms with van der Waals surface area (Å²) in [5, 5.41) is 9.29. The van der Waals surface area contributed by atoms with Crippen LogP contribution in [-0.2, 0) is 4.74 Å². The molecule has 0 radical (unpaired) electrons. The first-order chi connectivity index (χ1) is 10.7. The number of rotatable bonds is 1. The Labute approximate surface area is 145 Å². The monoisotopic (exact) mass is 380 g/mol. The Kier molecular flexibility index (Phi) is 5.15. The fourth-order valence-corrected chi connectivity index (χ4v) is 2.84. The minimum absolute atomic E-state index is 0.0180. The van der Waals surface area contributed by atoms with Gasteiger partial charge in [0.1, 0.15) is 17.5 Å². The van der Waals surface area contributed by atoms with Crippen LogP contribution in [0, 0.1) is 11.3 Å².